The maximum Gasteiger partial charge on any atom is 0.0630 e. The zero-order valence-electron chi connectivity index (χ0n) is 6.15. The van der Waals surface area contributed by atoms with Gasteiger partial charge in [-0.1, -0.05) is 19.9 Å². The summed E-state index contributed by atoms with van der Waals surface area (Å²) in [5.74, 6) is 0. The minimum absolute atomic E-state index is 0.0365. The first-order chi connectivity index (χ1) is 4.18. The minimum Gasteiger partial charge on any atom is -0.198 e. The number of hydrogen-bond donors (Lipinski definition) is 0. The van der Waals surface area contributed by atoms with Gasteiger partial charge in [0.25, 0.3) is 0 Å². The van der Waals surface area contributed by atoms with Crippen LogP contribution in [0.3, 0.4) is 0 Å². The van der Waals surface area contributed by atoms with E-state index in [1.54, 1.807) is 0 Å². The molecule has 0 aromatic rings. The van der Waals surface area contributed by atoms with Gasteiger partial charge in [0.15, 0.2) is 0 Å². The summed E-state index contributed by atoms with van der Waals surface area (Å²) in [5, 5.41) is 8.37. The second-order valence-corrected chi connectivity index (χ2v) is 2.55. The SMILES string of the molecule is C=CC(C)(CC)CC#N. The molecule has 0 N–H and O–H groups in total. The summed E-state index contributed by atoms with van der Waals surface area (Å²) >= 11 is 0. The molecule has 0 rings (SSSR count). The molecule has 1 atom stereocenters. The van der Waals surface area contributed by atoms with E-state index in [2.05, 4.69) is 19.6 Å². The van der Waals surface area contributed by atoms with Gasteiger partial charge in [-0.2, -0.15) is 5.26 Å². The lowest BCUT2D eigenvalue weighted by atomic mass is 9.85. The zero-order chi connectivity index (χ0) is 7.33. The number of hydrogen-bond acceptors (Lipinski definition) is 1. The molecule has 0 aliphatic heterocycles. The highest BCUT2D eigenvalue weighted by molar-refractivity contribution is 4.96. The molecule has 0 heterocycles. The van der Waals surface area contributed by atoms with Gasteiger partial charge < -0.3 is 0 Å². The molecular formula is C8H13N. The fraction of sp³-hybridized carbons (Fsp3) is 0.625. The minimum atomic E-state index is 0.0365. The van der Waals surface area contributed by atoms with Gasteiger partial charge in [-0.05, 0) is 11.8 Å². The van der Waals surface area contributed by atoms with Gasteiger partial charge in [0.1, 0.15) is 0 Å². The van der Waals surface area contributed by atoms with E-state index >= 15 is 0 Å². The number of nitriles is 1. The first-order valence-electron chi connectivity index (χ1n) is 3.19. The molecule has 0 bridgehead atoms. The highest BCUT2D eigenvalue weighted by Gasteiger charge is 2.15. The monoisotopic (exact) mass is 123 g/mol. The summed E-state index contributed by atoms with van der Waals surface area (Å²) < 4.78 is 0. The zero-order valence-corrected chi connectivity index (χ0v) is 6.15. The average molecular weight is 123 g/mol. The Hall–Kier alpha value is -0.770. The molecule has 1 unspecified atom stereocenters. The van der Waals surface area contributed by atoms with Crippen LogP contribution in [-0.2, 0) is 0 Å². The molecule has 0 amide bonds. The summed E-state index contributed by atoms with van der Waals surface area (Å²) in [5.41, 5.74) is 0.0365. The summed E-state index contributed by atoms with van der Waals surface area (Å²) in [7, 11) is 0. The normalized spacial score (nSPS) is 15.7. The van der Waals surface area contributed by atoms with Crippen molar-refractivity contribution in [2.75, 3.05) is 0 Å². The third-order valence-electron chi connectivity index (χ3n) is 1.78. The largest absolute Gasteiger partial charge is 0.198 e. The molecule has 0 fully saturated rings. The van der Waals surface area contributed by atoms with E-state index in [9.17, 15) is 0 Å². The Kier molecular flexibility index (Phi) is 3.01. The summed E-state index contributed by atoms with van der Waals surface area (Å²) in [4.78, 5) is 0. The van der Waals surface area contributed by atoms with Gasteiger partial charge in [-0.15, -0.1) is 6.58 Å². The molecule has 0 saturated heterocycles. The number of nitrogens with zero attached hydrogens (tertiary/aromatic N) is 1. The molecule has 50 valence electrons. The van der Waals surface area contributed by atoms with Crippen LogP contribution in [0.5, 0.6) is 0 Å². The third-order valence-corrected chi connectivity index (χ3v) is 1.78. The van der Waals surface area contributed by atoms with E-state index in [1.807, 2.05) is 13.0 Å². The molecule has 0 spiro atoms. The Morgan fingerprint density at radius 1 is 1.78 bits per heavy atom. The van der Waals surface area contributed by atoms with Gasteiger partial charge in [0, 0.05) is 6.42 Å². The van der Waals surface area contributed by atoms with Crippen LogP contribution in [0, 0.1) is 16.7 Å². The summed E-state index contributed by atoms with van der Waals surface area (Å²) in [6, 6.07) is 2.14. The van der Waals surface area contributed by atoms with Gasteiger partial charge >= 0.3 is 0 Å². The Morgan fingerprint density at radius 3 is 2.44 bits per heavy atom. The first-order valence-corrected chi connectivity index (χ1v) is 3.19. The van der Waals surface area contributed by atoms with Crippen LogP contribution in [0.15, 0.2) is 12.7 Å². The summed E-state index contributed by atoms with van der Waals surface area (Å²) in [6.07, 6.45) is 3.42. The maximum atomic E-state index is 8.37. The molecule has 0 saturated carbocycles. The van der Waals surface area contributed by atoms with Crippen molar-refractivity contribution in [1.29, 1.82) is 5.26 Å². The average Bonchev–Trinajstić information content (AvgIpc) is 1.89. The van der Waals surface area contributed by atoms with Crippen LogP contribution in [-0.4, -0.2) is 0 Å². The van der Waals surface area contributed by atoms with E-state index in [4.69, 9.17) is 5.26 Å². The van der Waals surface area contributed by atoms with Crippen LogP contribution in [0.2, 0.25) is 0 Å². The van der Waals surface area contributed by atoms with Crippen LogP contribution < -0.4 is 0 Å². The van der Waals surface area contributed by atoms with Crippen molar-refractivity contribution in [1.82, 2.24) is 0 Å². The lowest BCUT2D eigenvalue weighted by molar-refractivity contribution is 0.423. The van der Waals surface area contributed by atoms with E-state index in [1.165, 1.54) is 0 Å². The van der Waals surface area contributed by atoms with Crippen LogP contribution >= 0.6 is 0 Å². The quantitative estimate of drug-likeness (QED) is 0.529. The fourth-order valence-corrected chi connectivity index (χ4v) is 0.522. The van der Waals surface area contributed by atoms with Crippen LogP contribution in [0.1, 0.15) is 26.7 Å². The van der Waals surface area contributed by atoms with Crippen molar-refractivity contribution >= 4 is 0 Å². The van der Waals surface area contributed by atoms with Gasteiger partial charge in [0.2, 0.25) is 0 Å². The van der Waals surface area contributed by atoms with E-state index in [0.29, 0.717) is 6.42 Å². The molecule has 9 heavy (non-hydrogen) atoms. The molecule has 1 heteroatoms. The van der Waals surface area contributed by atoms with Crippen molar-refractivity contribution in [3.05, 3.63) is 12.7 Å². The Labute approximate surface area is 57.0 Å². The van der Waals surface area contributed by atoms with Crippen molar-refractivity contribution < 1.29 is 0 Å². The maximum absolute atomic E-state index is 8.37. The van der Waals surface area contributed by atoms with Gasteiger partial charge in [0.05, 0.1) is 6.07 Å². The topological polar surface area (TPSA) is 23.8 Å². The molecular weight excluding hydrogens is 110 g/mol. The molecule has 0 radical (unpaired) electrons. The van der Waals surface area contributed by atoms with E-state index < -0.39 is 0 Å². The molecule has 0 aliphatic rings. The smallest absolute Gasteiger partial charge is 0.0630 e. The highest BCUT2D eigenvalue weighted by atomic mass is 14.3. The van der Waals surface area contributed by atoms with Gasteiger partial charge in [-0.3, -0.25) is 0 Å². The molecule has 0 aromatic heterocycles. The third kappa shape index (κ3) is 2.32. The number of rotatable bonds is 3. The van der Waals surface area contributed by atoms with Crippen LogP contribution in [0.25, 0.3) is 0 Å². The molecule has 0 aliphatic carbocycles. The lowest BCUT2D eigenvalue weighted by Crippen LogP contribution is -2.09. The van der Waals surface area contributed by atoms with Crippen molar-refractivity contribution in [2.45, 2.75) is 26.7 Å². The van der Waals surface area contributed by atoms with Crippen molar-refractivity contribution in [2.24, 2.45) is 5.41 Å². The van der Waals surface area contributed by atoms with Crippen molar-refractivity contribution in [3.8, 4) is 6.07 Å². The summed E-state index contributed by atoms with van der Waals surface area (Å²) in [6.45, 7) is 7.78. The number of allylic oxidation sites excluding steroid dienone is 1. The second-order valence-electron chi connectivity index (χ2n) is 2.55. The predicted molar refractivity (Wildman–Crippen MR) is 38.8 cm³/mol. The highest BCUT2D eigenvalue weighted by Crippen LogP contribution is 2.25. The second kappa shape index (κ2) is 3.29. The van der Waals surface area contributed by atoms with Gasteiger partial charge in [-0.25, -0.2) is 0 Å². The Bertz CT molecular complexity index is 132. The first kappa shape index (κ1) is 8.23. The lowest BCUT2D eigenvalue weighted by Gasteiger charge is -2.18. The van der Waals surface area contributed by atoms with Crippen LogP contribution in [0.4, 0.5) is 0 Å². The Morgan fingerprint density at radius 2 is 2.33 bits per heavy atom. The molecule has 0 aromatic carbocycles. The van der Waals surface area contributed by atoms with E-state index in [-0.39, 0.29) is 5.41 Å². The van der Waals surface area contributed by atoms with Crippen molar-refractivity contribution in [3.63, 3.8) is 0 Å². The Balaban J connectivity index is 3.95. The standard InChI is InChI=1S/C8H13N/c1-4-8(3,5-2)6-7-9/h4H,1,5-6H2,2-3H3. The fourth-order valence-electron chi connectivity index (χ4n) is 0.522. The van der Waals surface area contributed by atoms with E-state index in [0.717, 1.165) is 6.42 Å². The predicted octanol–water partition coefficient (Wildman–Crippen LogP) is 2.50. The molecule has 1 nitrogen and oxygen atoms in total.